The predicted molar refractivity (Wildman–Crippen MR) is 72.2 cm³/mol. The van der Waals surface area contributed by atoms with Crippen LogP contribution < -0.4 is 10.5 Å². The number of rotatable bonds is 7. The lowest BCUT2D eigenvalue weighted by molar-refractivity contribution is -0.385. The summed E-state index contributed by atoms with van der Waals surface area (Å²) in [6.07, 6.45) is 0.0662. The van der Waals surface area contributed by atoms with E-state index in [2.05, 4.69) is 5.16 Å². The molecule has 20 heavy (non-hydrogen) atoms. The van der Waals surface area contributed by atoms with Gasteiger partial charge in [-0.2, -0.15) is 0 Å². The fourth-order valence-electron chi connectivity index (χ4n) is 1.43. The first kappa shape index (κ1) is 15.7. The average Bonchev–Trinajstić information content (AvgIpc) is 2.42. The molecule has 0 saturated heterocycles. The first-order chi connectivity index (χ1) is 9.45. The van der Waals surface area contributed by atoms with Crippen molar-refractivity contribution < 1.29 is 19.6 Å². The molecule has 0 fully saturated rings. The zero-order valence-electron chi connectivity index (χ0n) is 11.3. The van der Waals surface area contributed by atoms with Gasteiger partial charge in [0, 0.05) is 11.6 Å². The maximum Gasteiger partial charge on any atom is 0.311 e. The fraction of sp³-hybridized carbons (Fsp3) is 0.417. The number of nitro benzene ring substituents is 1. The van der Waals surface area contributed by atoms with E-state index in [0.717, 1.165) is 0 Å². The molecule has 0 heterocycles. The van der Waals surface area contributed by atoms with Crippen molar-refractivity contribution in [3.05, 3.63) is 33.9 Å². The van der Waals surface area contributed by atoms with E-state index in [0.29, 0.717) is 6.61 Å². The molecule has 0 amide bonds. The van der Waals surface area contributed by atoms with Crippen molar-refractivity contribution in [1.29, 1.82) is 0 Å². The molecule has 3 N–H and O–H groups in total. The van der Waals surface area contributed by atoms with Crippen molar-refractivity contribution in [3.63, 3.8) is 0 Å². The minimum atomic E-state index is -0.590. The van der Waals surface area contributed by atoms with Crippen LogP contribution >= 0.6 is 0 Å². The third kappa shape index (κ3) is 4.39. The van der Waals surface area contributed by atoms with Crippen molar-refractivity contribution >= 4 is 11.5 Å². The van der Waals surface area contributed by atoms with Gasteiger partial charge in [-0.05, 0) is 26.0 Å². The summed E-state index contributed by atoms with van der Waals surface area (Å²) in [4.78, 5) is 10.4. The van der Waals surface area contributed by atoms with E-state index in [-0.39, 0.29) is 35.5 Å². The number of oxime groups is 1. The minimum Gasteiger partial charge on any atom is -0.484 e. The van der Waals surface area contributed by atoms with Crippen molar-refractivity contribution in [2.24, 2.45) is 10.9 Å². The van der Waals surface area contributed by atoms with Crippen molar-refractivity contribution in [1.82, 2.24) is 0 Å². The number of nitrogens with two attached hydrogens (primary N) is 1. The lowest BCUT2D eigenvalue weighted by atomic mass is 10.1. The van der Waals surface area contributed by atoms with Gasteiger partial charge in [0.25, 0.3) is 0 Å². The summed E-state index contributed by atoms with van der Waals surface area (Å²) in [5.41, 5.74) is 5.37. The van der Waals surface area contributed by atoms with E-state index in [9.17, 15) is 10.1 Å². The molecule has 0 spiro atoms. The van der Waals surface area contributed by atoms with E-state index >= 15 is 0 Å². The Labute approximate surface area is 115 Å². The zero-order chi connectivity index (χ0) is 15.1. The number of ether oxygens (including phenoxy) is 2. The van der Waals surface area contributed by atoms with Crippen LogP contribution in [0.2, 0.25) is 0 Å². The first-order valence-electron chi connectivity index (χ1n) is 5.96. The Morgan fingerprint density at radius 2 is 2.20 bits per heavy atom. The summed E-state index contributed by atoms with van der Waals surface area (Å²) in [6, 6.07) is 4.06. The Morgan fingerprint density at radius 1 is 1.50 bits per heavy atom. The smallest absolute Gasteiger partial charge is 0.311 e. The van der Waals surface area contributed by atoms with Crippen molar-refractivity contribution in [3.8, 4) is 5.75 Å². The Morgan fingerprint density at radius 3 is 2.75 bits per heavy atom. The third-order valence-electron chi connectivity index (χ3n) is 2.35. The first-order valence-corrected chi connectivity index (χ1v) is 5.96. The molecule has 8 heteroatoms. The topological polar surface area (TPSA) is 120 Å². The highest BCUT2D eigenvalue weighted by Gasteiger charge is 2.17. The van der Waals surface area contributed by atoms with Crippen LogP contribution in [0.25, 0.3) is 0 Å². The lowest BCUT2D eigenvalue weighted by Gasteiger charge is -2.10. The van der Waals surface area contributed by atoms with Gasteiger partial charge in [0.1, 0.15) is 6.61 Å². The van der Waals surface area contributed by atoms with Crippen LogP contribution in [-0.2, 0) is 4.74 Å². The maximum atomic E-state index is 11.0. The van der Waals surface area contributed by atoms with Gasteiger partial charge in [-0.1, -0.05) is 5.16 Å². The molecule has 0 saturated carbocycles. The number of amidine groups is 1. The predicted octanol–water partition coefficient (Wildman–Crippen LogP) is 1.49. The fourth-order valence-corrected chi connectivity index (χ4v) is 1.43. The molecule has 0 aromatic heterocycles. The van der Waals surface area contributed by atoms with E-state index in [1.54, 1.807) is 0 Å². The second-order valence-electron chi connectivity index (χ2n) is 4.19. The zero-order valence-corrected chi connectivity index (χ0v) is 11.3. The van der Waals surface area contributed by atoms with Gasteiger partial charge in [0.15, 0.2) is 11.6 Å². The van der Waals surface area contributed by atoms with Crippen molar-refractivity contribution in [2.45, 2.75) is 20.0 Å². The van der Waals surface area contributed by atoms with Gasteiger partial charge in [0.05, 0.1) is 17.6 Å². The van der Waals surface area contributed by atoms with Crippen LogP contribution in [0, 0.1) is 10.1 Å². The van der Waals surface area contributed by atoms with Gasteiger partial charge >= 0.3 is 5.69 Å². The molecule has 0 aliphatic carbocycles. The van der Waals surface area contributed by atoms with E-state index in [1.807, 2.05) is 13.8 Å². The number of hydrogen-bond acceptors (Lipinski definition) is 6. The molecule has 8 nitrogen and oxygen atoms in total. The van der Waals surface area contributed by atoms with Gasteiger partial charge in [-0.15, -0.1) is 0 Å². The quantitative estimate of drug-likeness (QED) is 0.195. The monoisotopic (exact) mass is 283 g/mol. The number of benzene rings is 1. The van der Waals surface area contributed by atoms with Gasteiger partial charge in [-0.3, -0.25) is 10.1 Å². The van der Waals surface area contributed by atoms with Crippen molar-refractivity contribution in [2.75, 3.05) is 13.2 Å². The Hall–Kier alpha value is -2.35. The molecule has 0 unspecified atom stereocenters. The van der Waals surface area contributed by atoms with Gasteiger partial charge in [-0.25, -0.2) is 0 Å². The molecule has 0 atom stereocenters. The largest absolute Gasteiger partial charge is 0.484 e. The molecule has 110 valence electrons. The van der Waals surface area contributed by atoms with Gasteiger partial charge in [0.2, 0.25) is 0 Å². The maximum absolute atomic E-state index is 11.0. The summed E-state index contributed by atoms with van der Waals surface area (Å²) in [7, 11) is 0. The summed E-state index contributed by atoms with van der Waals surface area (Å²) in [6.45, 7) is 4.29. The highest BCUT2D eigenvalue weighted by molar-refractivity contribution is 5.97. The molecular formula is C12H17N3O5. The third-order valence-corrected chi connectivity index (χ3v) is 2.35. The summed E-state index contributed by atoms with van der Waals surface area (Å²) >= 11 is 0. The van der Waals surface area contributed by atoms with Crippen LogP contribution in [0.15, 0.2) is 23.4 Å². The van der Waals surface area contributed by atoms with Gasteiger partial charge < -0.3 is 20.4 Å². The Balaban J connectivity index is 2.83. The van der Waals surface area contributed by atoms with Crippen LogP contribution in [0.5, 0.6) is 5.75 Å². The summed E-state index contributed by atoms with van der Waals surface area (Å²) < 4.78 is 10.6. The molecule has 0 bridgehead atoms. The molecule has 1 aromatic rings. The SMILES string of the molecule is CC(C)OCCOc1ccc(C(N)=NO)cc1[N+](=O)[O-]. The number of hydrogen-bond donors (Lipinski definition) is 2. The van der Waals surface area contributed by atoms with Crippen LogP contribution in [0.3, 0.4) is 0 Å². The highest BCUT2D eigenvalue weighted by Crippen LogP contribution is 2.27. The van der Waals surface area contributed by atoms with Crippen LogP contribution in [-0.4, -0.2) is 35.3 Å². The lowest BCUT2D eigenvalue weighted by Crippen LogP contribution is -2.14. The number of nitro groups is 1. The standard InChI is InChI=1S/C12H17N3O5/c1-8(2)19-5-6-20-11-4-3-9(12(13)14-16)7-10(11)15(17)18/h3-4,7-8,16H,5-6H2,1-2H3,(H2,13,14). The summed E-state index contributed by atoms with van der Waals surface area (Å²) in [5, 5.41) is 22.3. The molecule has 0 radical (unpaired) electrons. The van der Waals surface area contributed by atoms with Crippen LogP contribution in [0.4, 0.5) is 5.69 Å². The molecule has 1 aromatic carbocycles. The Bertz CT molecular complexity index is 502. The minimum absolute atomic E-state index is 0.0662. The van der Waals surface area contributed by atoms with E-state index in [1.165, 1.54) is 18.2 Å². The highest BCUT2D eigenvalue weighted by atomic mass is 16.6. The normalized spacial score (nSPS) is 11.7. The second kappa shape index (κ2) is 7.29. The summed E-state index contributed by atoms with van der Waals surface area (Å²) in [5.74, 6) is -0.0976. The second-order valence-corrected chi connectivity index (χ2v) is 4.19. The van der Waals surface area contributed by atoms with Crippen LogP contribution in [0.1, 0.15) is 19.4 Å². The molecule has 1 rings (SSSR count). The molecular weight excluding hydrogens is 266 g/mol. The molecule has 0 aliphatic heterocycles. The number of nitrogens with zero attached hydrogens (tertiary/aromatic N) is 2. The average molecular weight is 283 g/mol. The molecule has 0 aliphatic rings. The van der Waals surface area contributed by atoms with E-state index < -0.39 is 4.92 Å². The Kier molecular flexibility index (Phi) is 5.73. The van der Waals surface area contributed by atoms with E-state index in [4.69, 9.17) is 20.4 Å².